The standard InChI is InChI=1S/C23H14ClF2NO3/c24-18-12-20(26)19(25)11-17(18)22-27-21(23(28)30-22)10-15-7-4-8-16(9-15)29-13-14-5-2-1-3-6-14/h1-12H,13H2/b21-10+. The molecule has 0 bridgehead atoms. The molecule has 0 spiro atoms. The van der Waals surface area contributed by atoms with Crippen molar-refractivity contribution in [3.63, 3.8) is 0 Å². The van der Waals surface area contributed by atoms with E-state index in [0.29, 0.717) is 17.9 Å². The molecule has 1 aliphatic rings. The normalized spacial score (nSPS) is 14.6. The fraction of sp³-hybridized carbons (Fsp3) is 0.0435. The van der Waals surface area contributed by atoms with Gasteiger partial charge in [0, 0.05) is 0 Å². The number of benzene rings is 3. The molecule has 0 unspecified atom stereocenters. The van der Waals surface area contributed by atoms with Gasteiger partial charge < -0.3 is 9.47 Å². The first-order valence-corrected chi connectivity index (χ1v) is 9.31. The van der Waals surface area contributed by atoms with Crippen LogP contribution in [0.3, 0.4) is 0 Å². The molecule has 0 radical (unpaired) electrons. The Kier molecular flexibility index (Phi) is 5.59. The average molecular weight is 426 g/mol. The summed E-state index contributed by atoms with van der Waals surface area (Å²) in [6, 6.07) is 18.5. The molecular weight excluding hydrogens is 412 g/mol. The Bertz CT molecular complexity index is 1180. The first-order valence-electron chi connectivity index (χ1n) is 8.94. The van der Waals surface area contributed by atoms with Gasteiger partial charge >= 0.3 is 5.97 Å². The van der Waals surface area contributed by atoms with Crippen LogP contribution in [-0.4, -0.2) is 11.9 Å². The molecule has 0 aromatic heterocycles. The second-order valence-electron chi connectivity index (χ2n) is 6.43. The van der Waals surface area contributed by atoms with Crippen molar-refractivity contribution < 1.29 is 23.0 Å². The fourth-order valence-corrected chi connectivity index (χ4v) is 3.03. The maximum Gasteiger partial charge on any atom is 0.363 e. The molecule has 3 aromatic rings. The number of halogens is 3. The topological polar surface area (TPSA) is 47.9 Å². The highest BCUT2D eigenvalue weighted by atomic mass is 35.5. The average Bonchev–Trinajstić information content (AvgIpc) is 3.10. The van der Waals surface area contributed by atoms with Crippen molar-refractivity contribution in [3.05, 3.63) is 106 Å². The van der Waals surface area contributed by atoms with Gasteiger partial charge in [-0.25, -0.2) is 18.6 Å². The Morgan fingerprint density at radius 2 is 1.77 bits per heavy atom. The Morgan fingerprint density at radius 1 is 1.00 bits per heavy atom. The van der Waals surface area contributed by atoms with E-state index in [1.54, 1.807) is 24.3 Å². The number of aliphatic imine (C=N–C) groups is 1. The predicted molar refractivity (Wildman–Crippen MR) is 109 cm³/mol. The molecule has 150 valence electrons. The summed E-state index contributed by atoms with van der Waals surface area (Å²) in [4.78, 5) is 16.3. The van der Waals surface area contributed by atoms with Gasteiger partial charge in [0.1, 0.15) is 12.4 Å². The number of hydrogen-bond donors (Lipinski definition) is 0. The van der Waals surface area contributed by atoms with Gasteiger partial charge in [0.25, 0.3) is 0 Å². The number of ether oxygens (including phenoxy) is 2. The molecule has 7 heteroatoms. The Morgan fingerprint density at radius 3 is 2.57 bits per heavy atom. The zero-order chi connectivity index (χ0) is 21.1. The van der Waals surface area contributed by atoms with Crippen molar-refractivity contribution in [2.45, 2.75) is 6.61 Å². The lowest BCUT2D eigenvalue weighted by molar-refractivity contribution is -0.129. The first kappa shape index (κ1) is 19.8. The van der Waals surface area contributed by atoms with Gasteiger partial charge in [-0.05, 0) is 41.5 Å². The van der Waals surface area contributed by atoms with Gasteiger partial charge in [-0.15, -0.1) is 0 Å². The summed E-state index contributed by atoms with van der Waals surface area (Å²) in [5.74, 6) is -2.51. The molecule has 1 aliphatic heterocycles. The van der Waals surface area contributed by atoms with Crippen LogP contribution in [0.25, 0.3) is 6.08 Å². The van der Waals surface area contributed by atoms with E-state index >= 15 is 0 Å². The van der Waals surface area contributed by atoms with E-state index < -0.39 is 17.6 Å². The van der Waals surface area contributed by atoms with E-state index in [1.807, 2.05) is 30.3 Å². The third-order valence-electron chi connectivity index (χ3n) is 4.27. The summed E-state index contributed by atoms with van der Waals surface area (Å²) in [7, 11) is 0. The summed E-state index contributed by atoms with van der Waals surface area (Å²) in [6.07, 6.45) is 1.51. The number of rotatable bonds is 5. The summed E-state index contributed by atoms with van der Waals surface area (Å²) in [6.45, 7) is 0.403. The van der Waals surface area contributed by atoms with Gasteiger partial charge in [0.05, 0.1) is 10.6 Å². The van der Waals surface area contributed by atoms with Crippen LogP contribution >= 0.6 is 11.6 Å². The van der Waals surface area contributed by atoms with Crippen molar-refractivity contribution in [2.75, 3.05) is 0 Å². The van der Waals surface area contributed by atoms with E-state index in [2.05, 4.69) is 4.99 Å². The second kappa shape index (κ2) is 8.47. The van der Waals surface area contributed by atoms with E-state index in [1.165, 1.54) is 6.08 Å². The molecule has 4 nitrogen and oxygen atoms in total. The lowest BCUT2D eigenvalue weighted by Gasteiger charge is -2.07. The van der Waals surface area contributed by atoms with Crippen molar-refractivity contribution in [1.82, 2.24) is 0 Å². The van der Waals surface area contributed by atoms with Gasteiger partial charge in [-0.2, -0.15) is 0 Å². The van der Waals surface area contributed by atoms with E-state index in [9.17, 15) is 13.6 Å². The summed E-state index contributed by atoms with van der Waals surface area (Å²) < 4.78 is 37.7. The lowest BCUT2D eigenvalue weighted by atomic mass is 10.2. The smallest absolute Gasteiger partial charge is 0.363 e. The number of cyclic esters (lactones) is 1. The van der Waals surface area contributed by atoms with Gasteiger partial charge in [0.2, 0.25) is 5.90 Å². The SMILES string of the molecule is O=C1OC(c2cc(F)c(F)cc2Cl)=N/C1=C/c1cccc(OCc2ccccc2)c1. The van der Waals surface area contributed by atoms with E-state index in [4.69, 9.17) is 21.1 Å². The minimum absolute atomic E-state index is 0.00556. The maximum atomic E-state index is 13.5. The van der Waals surface area contributed by atoms with Crippen LogP contribution in [-0.2, 0) is 16.1 Å². The molecule has 4 rings (SSSR count). The number of nitrogens with zero attached hydrogens (tertiary/aromatic N) is 1. The van der Waals surface area contributed by atoms with Crippen molar-refractivity contribution >= 4 is 29.5 Å². The number of esters is 1. The summed E-state index contributed by atoms with van der Waals surface area (Å²) in [5.41, 5.74) is 1.69. The Balaban J connectivity index is 1.56. The molecule has 30 heavy (non-hydrogen) atoms. The van der Waals surface area contributed by atoms with E-state index in [-0.39, 0.29) is 22.2 Å². The molecule has 0 aliphatic carbocycles. The molecular formula is C23H14ClF2NO3. The lowest BCUT2D eigenvalue weighted by Crippen LogP contribution is -2.07. The highest BCUT2D eigenvalue weighted by molar-refractivity contribution is 6.34. The maximum absolute atomic E-state index is 13.5. The molecule has 1 heterocycles. The highest BCUT2D eigenvalue weighted by Gasteiger charge is 2.26. The largest absolute Gasteiger partial charge is 0.489 e. The number of hydrogen-bond acceptors (Lipinski definition) is 4. The molecule has 3 aromatic carbocycles. The molecule has 0 amide bonds. The van der Waals surface area contributed by atoms with E-state index in [0.717, 1.165) is 17.7 Å². The van der Waals surface area contributed by atoms with Crippen LogP contribution in [0.5, 0.6) is 5.75 Å². The molecule has 0 fully saturated rings. The minimum Gasteiger partial charge on any atom is -0.489 e. The van der Waals surface area contributed by atoms with Crippen molar-refractivity contribution in [1.29, 1.82) is 0 Å². The van der Waals surface area contributed by atoms with Crippen LogP contribution < -0.4 is 4.74 Å². The van der Waals surface area contributed by atoms with Gasteiger partial charge in [-0.3, -0.25) is 0 Å². The Hall–Kier alpha value is -3.51. The van der Waals surface area contributed by atoms with Crippen LogP contribution in [0.15, 0.2) is 77.4 Å². The van der Waals surface area contributed by atoms with Crippen LogP contribution in [0.4, 0.5) is 8.78 Å². The zero-order valence-electron chi connectivity index (χ0n) is 15.4. The molecule has 0 saturated carbocycles. The first-order chi connectivity index (χ1) is 14.5. The number of carbonyl (C=O) groups is 1. The molecule has 0 atom stereocenters. The van der Waals surface area contributed by atoms with Gasteiger partial charge in [-0.1, -0.05) is 54.1 Å². The quantitative estimate of drug-likeness (QED) is 0.306. The zero-order valence-corrected chi connectivity index (χ0v) is 16.2. The highest BCUT2D eigenvalue weighted by Crippen LogP contribution is 2.26. The van der Waals surface area contributed by atoms with Crippen LogP contribution in [0, 0.1) is 11.6 Å². The third-order valence-corrected chi connectivity index (χ3v) is 4.58. The summed E-state index contributed by atoms with van der Waals surface area (Å²) in [5, 5.41) is -0.113. The van der Waals surface area contributed by atoms with Crippen LogP contribution in [0.1, 0.15) is 16.7 Å². The van der Waals surface area contributed by atoms with Crippen LogP contribution in [0.2, 0.25) is 5.02 Å². The summed E-state index contributed by atoms with van der Waals surface area (Å²) >= 11 is 5.93. The van der Waals surface area contributed by atoms with Gasteiger partial charge in [0.15, 0.2) is 17.3 Å². The number of carbonyl (C=O) groups excluding carboxylic acids is 1. The fourth-order valence-electron chi connectivity index (χ4n) is 2.80. The third kappa shape index (κ3) is 4.39. The predicted octanol–water partition coefficient (Wildman–Crippen LogP) is 5.54. The molecule has 0 N–H and O–H groups in total. The van der Waals surface area contributed by atoms with Crippen molar-refractivity contribution in [2.24, 2.45) is 4.99 Å². The van der Waals surface area contributed by atoms with Crippen molar-refractivity contribution in [3.8, 4) is 5.75 Å². The minimum atomic E-state index is -1.12. The Labute approximate surface area is 176 Å². The molecule has 0 saturated heterocycles. The second-order valence-corrected chi connectivity index (χ2v) is 6.84. The monoisotopic (exact) mass is 425 g/mol.